The molecule has 0 spiro atoms. The Balaban J connectivity index is 1.70. The van der Waals surface area contributed by atoms with Gasteiger partial charge in [-0.1, -0.05) is 36.2 Å². The number of nitrogens with one attached hydrogen (secondary N) is 1. The van der Waals surface area contributed by atoms with Gasteiger partial charge in [-0.05, 0) is 66.6 Å². The molecule has 0 saturated heterocycles. The number of hydrogen-bond donors (Lipinski definition) is 1. The lowest BCUT2D eigenvalue weighted by Crippen LogP contribution is -2.22. The van der Waals surface area contributed by atoms with Gasteiger partial charge in [-0.2, -0.15) is 0 Å². The summed E-state index contributed by atoms with van der Waals surface area (Å²) in [7, 11) is 1.57. The molecule has 6 nitrogen and oxygen atoms in total. The average Bonchev–Trinajstić information content (AvgIpc) is 2.82. The summed E-state index contributed by atoms with van der Waals surface area (Å²) in [4.78, 5) is 25.9. The monoisotopic (exact) mass is 497 g/mol. The fraction of sp³-hybridized carbons (Fsp3) is 0.154. The zero-order chi connectivity index (χ0) is 24.2. The van der Waals surface area contributed by atoms with Gasteiger partial charge in [-0.3, -0.25) is 9.59 Å². The van der Waals surface area contributed by atoms with Gasteiger partial charge in [0.15, 0.2) is 12.4 Å². The highest BCUT2D eigenvalue weighted by Crippen LogP contribution is 2.32. The Bertz CT molecular complexity index is 1390. The molecule has 0 bridgehead atoms. The second-order valence-electron chi connectivity index (χ2n) is 7.50. The summed E-state index contributed by atoms with van der Waals surface area (Å²) in [5, 5.41) is 3.81. The molecule has 0 aliphatic carbocycles. The molecule has 8 heteroatoms. The van der Waals surface area contributed by atoms with Crippen LogP contribution in [0.25, 0.3) is 22.3 Å². The maximum Gasteiger partial charge on any atom is 0.262 e. The van der Waals surface area contributed by atoms with E-state index in [2.05, 4.69) is 5.32 Å². The van der Waals surface area contributed by atoms with E-state index in [1.807, 2.05) is 13.0 Å². The lowest BCUT2D eigenvalue weighted by atomic mass is 10.1. The van der Waals surface area contributed by atoms with Gasteiger partial charge in [0.2, 0.25) is 11.2 Å². The lowest BCUT2D eigenvalue weighted by molar-refractivity contribution is -0.118. The minimum atomic E-state index is -0.485. The smallest absolute Gasteiger partial charge is 0.262 e. The van der Waals surface area contributed by atoms with E-state index in [4.69, 9.17) is 37.1 Å². The number of amides is 1. The molecule has 3 aromatic carbocycles. The third kappa shape index (κ3) is 5.19. The molecule has 0 saturated carbocycles. The maximum absolute atomic E-state index is 13.4. The first-order chi connectivity index (χ1) is 16.4. The molecular formula is C26H21Cl2NO5. The van der Waals surface area contributed by atoms with Crippen molar-refractivity contribution >= 4 is 45.8 Å². The van der Waals surface area contributed by atoms with Gasteiger partial charge >= 0.3 is 0 Å². The van der Waals surface area contributed by atoms with Crippen molar-refractivity contribution < 1.29 is 18.7 Å². The van der Waals surface area contributed by atoms with Crippen LogP contribution in [0.5, 0.6) is 11.5 Å². The van der Waals surface area contributed by atoms with Crippen molar-refractivity contribution in [2.24, 2.45) is 0 Å². The SMILES string of the molecule is CCc1ccc2oc(-c3ccc(OC)cc3)c(OCC(=O)Nc3cc(Cl)cc(Cl)c3)c(=O)c2c1. The van der Waals surface area contributed by atoms with Crippen LogP contribution in [-0.4, -0.2) is 19.6 Å². The van der Waals surface area contributed by atoms with E-state index in [1.165, 1.54) is 0 Å². The van der Waals surface area contributed by atoms with E-state index in [-0.39, 0.29) is 16.9 Å². The Morgan fingerprint density at radius 3 is 2.35 bits per heavy atom. The second kappa shape index (κ2) is 10.2. The van der Waals surface area contributed by atoms with Crippen molar-refractivity contribution in [3.8, 4) is 22.8 Å². The number of fused-ring (bicyclic) bond motifs is 1. The van der Waals surface area contributed by atoms with Gasteiger partial charge in [0.1, 0.15) is 11.3 Å². The van der Waals surface area contributed by atoms with Crippen LogP contribution in [-0.2, 0) is 11.2 Å². The molecule has 0 aliphatic rings. The molecule has 0 radical (unpaired) electrons. The highest BCUT2D eigenvalue weighted by atomic mass is 35.5. The van der Waals surface area contributed by atoms with Gasteiger partial charge in [0, 0.05) is 21.3 Å². The molecule has 0 atom stereocenters. The van der Waals surface area contributed by atoms with Crippen LogP contribution in [0.4, 0.5) is 5.69 Å². The molecule has 0 unspecified atom stereocenters. The summed E-state index contributed by atoms with van der Waals surface area (Å²) >= 11 is 12.0. The third-order valence-corrected chi connectivity index (χ3v) is 5.60. The number of halogens is 2. The standard InChI is InChI=1S/C26H21Cl2NO5/c1-3-15-4-9-22-21(10-15)24(31)26(25(34-22)16-5-7-20(32-2)8-6-16)33-14-23(30)29-19-12-17(27)11-18(28)13-19/h4-13H,3,14H2,1-2H3,(H,29,30). The molecular weight excluding hydrogens is 477 g/mol. The van der Waals surface area contributed by atoms with Crippen LogP contribution in [0.3, 0.4) is 0 Å². The van der Waals surface area contributed by atoms with Crippen LogP contribution in [0, 0.1) is 0 Å². The Morgan fingerprint density at radius 2 is 1.71 bits per heavy atom. The summed E-state index contributed by atoms with van der Waals surface area (Å²) in [5.41, 5.74) is 2.08. The summed E-state index contributed by atoms with van der Waals surface area (Å²) in [6.07, 6.45) is 0.760. The predicted octanol–water partition coefficient (Wildman–Crippen LogP) is 6.36. The predicted molar refractivity (Wildman–Crippen MR) is 134 cm³/mol. The number of carbonyl (C=O) groups is 1. The van der Waals surface area contributed by atoms with Crippen molar-refractivity contribution in [3.05, 3.63) is 86.5 Å². The number of anilines is 1. The van der Waals surface area contributed by atoms with E-state index >= 15 is 0 Å². The van der Waals surface area contributed by atoms with Crippen LogP contribution in [0.2, 0.25) is 10.0 Å². The van der Waals surface area contributed by atoms with Crippen LogP contribution in [0.1, 0.15) is 12.5 Å². The molecule has 34 heavy (non-hydrogen) atoms. The molecule has 1 amide bonds. The molecule has 1 aromatic heterocycles. The molecule has 0 aliphatic heterocycles. The van der Waals surface area contributed by atoms with Crippen molar-refractivity contribution in [3.63, 3.8) is 0 Å². The minimum Gasteiger partial charge on any atom is -0.497 e. The Kier molecular flexibility index (Phi) is 7.10. The zero-order valence-corrected chi connectivity index (χ0v) is 20.0. The summed E-state index contributed by atoms with van der Waals surface area (Å²) in [6, 6.07) is 17.1. The fourth-order valence-electron chi connectivity index (χ4n) is 3.47. The first kappa shape index (κ1) is 23.7. The van der Waals surface area contributed by atoms with Gasteiger partial charge < -0.3 is 19.2 Å². The van der Waals surface area contributed by atoms with Gasteiger partial charge in [0.05, 0.1) is 12.5 Å². The second-order valence-corrected chi connectivity index (χ2v) is 8.37. The van der Waals surface area contributed by atoms with E-state index in [0.717, 1.165) is 12.0 Å². The largest absolute Gasteiger partial charge is 0.497 e. The number of rotatable bonds is 7. The normalized spacial score (nSPS) is 10.8. The highest BCUT2D eigenvalue weighted by Gasteiger charge is 2.19. The summed E-state index contributed by atoms with van der Waals surface area (Å²) < 4.78 is 17.0. The van der Waals surface area contributed by atoms with Crippen molar-refractivity contribution in [1.82, 2.24) is 0 Å². The molecule has 0 fully saturated rings. The van der Waals surface area contributed by atoms with Crippen molar-refractivity contribution in [2.45, 2.75) is 13.3 Å². The molecule has 4 rings (SSSR count). The van der Waals surface area contributed by atoms with Crippen molar-refractivity contribution in [2.75, 3.05) is 19.0 Å². The Labute approximate surface area is 206 Å². The van der Waals surface area contributed by atoms with Gasteiger partial charge in [-0.25, -0.2) is 0 Å². The number of aryl methyl sites for hydroxylation is 1. The number of methoxy groups -OCH3 is 1. The third-order valence-electron chi connectivity index (χ3n) is 5.17. The Hall–Kier alpha value is -3.48. The maximum atomic E-state index is 13.4. The van der Waals surface area contributed by atoms with Crippen molar-refractivity contribution in [1.29, 1.82) is 0 Å². The first-order valence-electron chi connectivity index (χ1n) is 10.5. The summed E-state index contributed by atoms with van der Waals surface area (Å²) in [6.45, 7) is 1.58. The van der Waals surface area contributed by atoms with Gasteiger partial charge in [-0.15, -0.1) is 0 Å². The zero-order valence-electron chi connectivity index (χ0n) is 18.5. The van der Waals surface area contributed by atoms with Gasteiger partial charge in [0.25, 0.3) is 5.91 Å². The number of carbonyl (C=O) groups excluding carboxylic acids is 1. The molecule has 174 valence electrons. The van der Waals surface area contributed by atoms with E-state index in [0.29, 0.717) is 38.0 Å². The molecule has 4 aromatic rings. The quantitative estimate of drug-likeness (QED) is 0.321. The van der Waals surface area contributed by atoms with Crippen LogP contribution >= 0.6 is 23.2 Å². The molecule has 1 heterocycles. The lowest BCUT2D eigenvalue weighted by Gasteiger charge is -2.13. The molecule has 1 N–H and O–H groups in total. The fourth-order valence-corrected chi connectivity index (χ4v) is 4.00. The summed E-state index contributed by atoms with van der Waals surface area (Å²) in [5.74, 6) is 0.343. The van der Waals surface area contributed by atoms with E-state index in [1.54, 1.807) is 61.7 Å². The first-order valence-corrected chi connectivity index (χ1v) is 11.3. The average molecular weight is 498 g/mol. The number of hydrogen-bond acceptors (Lipinski definition) is 5. The highest BCUT2D eigenvalue weighted by molar-refractivity contribution is 6.35. The topological polar surface area (TPSA) is 77.8 Å². The van der Waals surface area contributed by atoms with Crippen LogP contribution in [0.15, 0.2) is 69.9 Å². The number of benzene rings is 3. The van der Waals surface area contributed by atoms with E-state index in [9.17, 15) is 9.59 Å². The number of ether oxygens (including phenoxy) is 2. The van der Waals surface area contributed by atoms with E-state index < -0.39 is 12.5 Å². The Morgan fingerprint density at radius 1 is 1.00 bits per heavy atom. The minimum absolute atomic E-state index is 0.0507. The van der Waals surface area contributed by atoms with Crippen LogP contribution < -0.4 is 20.2 Å².